The van der Waals surface area contributed by atoms with Crippen LogP contribution >= 0.6 is 0 Å². The molecule has 4 nitrogen and oxygen atoms in total. The highest BCUT2D eigenvalue weighted by Gasteiger charge is 2.13. The van der Waals surface area contributed by atoms with Crippen molar-refractivity contribution in [3.05, 3.63) is 0 Å². The molecule has 0 saturated carbocycles. The lowest BCUT2D eigenvalue weighted by Crippen LogP contribution is -2.49. The highest BCUT2D eigenvalue weighted by Crippen LogP contribution is 1.96. The average Bonchev–Trinajstić information content (AvgIpc) is 2.09. The van der Waals surface area contributed by atoms with Gasteiger partial charge in [-0.3, -0.25) is 5.41 Å². The van der Waals surface area contributed by atoms with Crippen LogP contribution in [-0.4, -0.2) is 49.0 Å². The summed E-state index contributed by atoms with van der Waals surface area (Å²) >= 11 is 0. The summed E-state index contributed by atoms with van der Waals surface area (Å²) in [5.41, 5.74) is 5.30. The first-order valence-electron chi connectivity index (χ1n) is 4.47. The van der Waals surface area contributed by atoms with Gasteiger partial charge in [0, 0.05) is 26.2 Å². The Morgan fingerprint density at radius 3 is 1.92 bits per heavy atom. The molecule has 0 spiro atoms. The summed E-state index contributed by atoms with van der Waals surface area (Å²) in [6.07, 6.45) is 0. The van der Waals surface area contributed by atoms with Gasteiger partial charge >= 0.3 is 0 Å². The number of nitrogens with two attached hydrogens (primary N) is 1. The van der Waals surface area contributed by atoms with Crippen LogP contribution in [0.5, 0.6) is 0 Å². The molecule has 1 heterocycles. The van der Waals surface area contributed by atoms with Crippen LogP contribution in [0.4, 0.5) is 0 Å². The SMILES string of the molecule is CC.CN1CCN(C(=N)N)CC1. The van der Waals surface area contributed by atoms with Crippen molar-refractivity contribution in [2.45, 2.75) is 13.8 Å². The van der Waals surface area contributed by atoms with Gasteiger partial charge in [-0.25, -0.2) is 0 Å². The number of hydrogen-bond donors (Lipinski definition) is 2. The van der Waals surface area contributed by atoms with Gasteiger partial charge in [0.05, 0.1) is 0 Å². The molecule has 0 aromatic heterocycles. The van der Waals surface area contributed by atoms with Crippen molar-refractivity contribution in [3.63, 3.8) is 0 Å². The Morgan fingerprint density at radius 1 is 1.17 bits per heavy atom. The van der Waals surface area contributed by atoms with Crippen LogP contribution in [0.25, 0.3) is 0 Å². The number of rotatable bonds is 0. The summed E-state index contributed by atoms with van der Waals surface area (Å²) in [5, 5.41) is 7.14. The standard InChI is InChI=1S/C6H14N4.C2H6/c1-9-2-4-10(5-3-9)6(7)8;1-2/h2-5H2,1H3,(H3,7,8);1-2H3. The Bertz CT molecular complexity index is 127. The molecule has 1 rings (SSSR count). The third-order valence-corrected chi connectivity index (χ3v) is 1.84. The van der Waals surface area contributed by atoms with Crippen molar-refractivity contribution < 1.29 is 0 Å². The molecule has 0 aromatic rings. The van der Waals surface area contributed by atoms with Gasteiger partial charge in [0.2, 0.25) is 0 Å². The molecule has 0 aliphatic carbocycles. The number of guanidine groups is 1. The molecule has 1 fully saturated rings. The fraction of sp³-hybridized carbons (Fsp3) is 0.875. The normalized spacial score (nSPS) is 18.1. The number of nitrogens with zero attached hydrogens (tertiary/aromatic N) is 2. The van der Waals surface area contributed by atoms with Crippen LogP contribution in [0.15, 0.2) is 0 Å². The minimum absolute atomic E-state index is 0.202. The average molecular weight is 172 g/mol. The maximum absolute atomic E-state index is 7.14. The zero-order valence-corrected chi connectivity index (χ0v) is 8.30. The molecule has 0 bridgehead atoms. The van der Waals surface area contributed by atoms with Crippen molar-refractivity contribution >= 4 is 5.96 Å². The summed E-state index contributed by atoms with van der Waals surface area (Å²) < 4.78 is 0. The molecule has 0 aromatic carbocycles. The molecule has 1 saturated heterocycles. The zero-order chi connectivity index (χ0) is 9.56. The number of hydrogen-bond acceptors (Lipinski definition) is 2. The van der Waals surface area contributed by atoms with Crippen LogP contribution in [0, 0.1) is 5.41 Å². The van der Waals surface area contributed by atoms with Gasteiger partial charge in [0.25, 0.3) is 0 Å². The van der Waals surface area contributed by atoms with Gasteiger partial charge in [-0.15, -0.1) is 0 Å². The summed E-state index contributed by atoms with van der Waals surface area (Å²) in [5.74, 6) is 0.202. The lowest BCUT2D eigenvalue weighted by Gasteiger charge is -2.32. The van der Waals surface area contributed by atoms with Gasteiger partial charge in [-0.1, -0.05) is 13.8 Å². The summed E-state index contributed by atoms with van der Waals surface area (Å²) in [6.45, 7) is 7.82. The Labute approximate surface area is 74.8 Å². The van der Waals surface area contributed by atoms with E-state index in [9.17, 15) is 0 Å². The summed E-state index contributed by atoms with van der Waals surface area (Å²) in [7, 11) is 2.08. The van der Waals surface area contributed by atoms with Crippen molar-refractivity contribution in [3.8, 4) is 0 Å². The van der Waals surface area contributed by atoms with E-state index in [1.54, 1.807) is 0 Å². The summed E-state index contributed by atoms with van der Waals surface area (Å²) in [4.78, 5) is 4.12. The second kappa shape index (κ2) is 5.83. The number of piperazine rings is 1. The van der Waals surface area contributed by atoms with E-state index in [0.29, 0.717) is 0 Å². The highest BCUT2D eigenvalue weighted by atomic mass is 15.3. The molecular formula is C8H20N4. The number of likely N-dealkylation sites (N-methyl/N-ethyl adjacent to an activating group) is 1. The van der Waals surface area contributed by atoms with Gasteiger partial charge in [0.1, 0.15) is 0 Å². The molecular weight excluding hydrogens is 152 g/mol. The lowest BCUT2D eigenvalue weighted by atomic mass is 10.3. The largest absolute Gasteiger partial charge is 0.370 e. The van der Waals surface area contributed by atoms with Crippen molar-refractivity contribution in [2.75, 3.05) is 33.2 Å². The minimum Gasteiger partial charge on any atom is -0.370 e. The zero-order valence-electron chi connectivity index (χ0n) is 8.30. The minimum atomic E-state index is 0.202. The second-order valence-corrected chi connectivity index (χ2v) is 2.68. The first-order chi connectivity index (χ1) is 5.70. The topological polar surface area (TPSA) is 56.4 Å². The van der Waals surface area contributed by atoms with E-state index in [2.05, 4.69) is 11.9 Å². The van der Waals surface area contributed by atoms with E-state index < -0.39 is 0 Å². The predicted molar refractivity (Wildman–Crippen MR) is 52.3 cm³/mol. The maximum atomic E-state index is 7.14. The van der Waals surface area contributed by atoms with E-state index in [4.69, 9.17) is 11.1 Å². The van der Waals surface area contributed by atoms with E-state index in [1.807, 2.05) is 18.7 Å². The van der Waals surface area contributed by atoms with Gasteiger partial charge in [-0.05, 0) is 7.05 Å². The lowest BCUT2D eigenvalue weighted by molar-refractivity contribution is 0.213. The molecule has 1 aliphatic heterocycles. The molecule has 4 heteroatoms. The van der Waals surface area contributed by atoms with Crippen LogP contribution in [0.1, 0.15) is 13.8 Å². The van der Waals surface area contributed by atoms with E-state index in [0.717, 1.165) is 26.2 Å². The van der Waals surface area contributed by atoms with Crippen molar-refractivity contribution in [1.29, 1.82) is 5.41 Å². The van der Waals surface area contributed by atoms with E-state index >= 15 is 0 Å². The fourth-order valence-electron chi connectivity index (χ4n) is 1.05. The van der Waals surface area contributed by atoms with Gasteiger partial charge in [-0.2, -0.15) is 0 Å². The van der Waals surface area contributed by atoms with E-state index in [1.165, 1.54) is 0 Å². The molecule has 0 atom stereocenters. The molecule has 1 aliphatic rings. The molecule has 0 unspecified atom stereocenters. The highest BCUT2D eigenvalue weighted by molar-refractivity contribution is 5.74. The van der Waals surface area contributed by atoms with Crippen molar-refractivity contribution in [2.24, 2.45) is 5.73 Å². The molecule has 0 radical (unpaired) electrons. The quantitative estimate of drug-likeness (QED) is 0.404. The van der Waals surface area contributed by atoms with Crippen LogP contribution in [-0.2, 0) is 0 Å². The smallest absolute Gasteiger partial charge is 0.188 e. The predicted octanol–water partition coefficient (Wildman–Crippen LogP) is 0.153. The van der Waals surface area contributed by atoms with Crippen LogP contribution in [0.2, 0.25) is 0 Å². The first-order valence-corrected chi connectivity index (χ1v) is 4.47. The first kappa shape index (κ1) is 11.2. The second-order valence-electron chi connectivity index (χ2n) is 2.68. The Balaban J connectivity index is 0.000000561. The number of nitrogens with one attached hydrogen (secondary N) is 1. The third-order valence-electron chi connectivity index (χ3n) is 1.84. The molecule has 12 heavy (non-hydrogen) atoms. The van der Waals surface area contributed by atoms with Crippen LogP contribution in [0.3, 0.4) is 0 Å². The third kappa shape index (κ3) is 3.57. The van der Waals surface area contributed by atoms with Gasteiger partial charge < -0.3 is 15.5 Å². The van der Waals surface area contributed by atoms with Crippen molar-refractivity contribution in [1.82, 2.24) is 9.80 Å². The Hall–Kier alpha value is -0.770. The Morgan fingerprint density at radius 2 is 1.58 bits per heavy atom. The Kier molecular flexibility index (Phi) is 5.45. The van der Waals surface area contributed by atoms with Gasteiger partial charge in [0.15, 0.2) is 5.96 Å². The molecule has 72 valence electrons. The molecule has 0 amide bonds. The molecule has 3 N–H and O–H groups in total. The van der Waals surface area contributed by atoms with Crippen LogP contribution < -0.4 is 5.73 Å². The fourth-order valence-corrected chi connectivity index (χ4v) is 1.05. The monoisotopic (exact) mass is 172 g/mol. The summed E-state index contributed by atoms with van der Waals surface area (Å²) in [6, 6.07) is 0. The maximum Gasteiger partial charge on any atom is 0.188 e. The van der Waals surface area contributed by atoms with E-state index in [-0.39, 0.29) is 5.96 Å².